The number of halogens is 1. The Morgan fingerprint density at radius 3 is 2.56 bits per heavy atom. The van der Waals surface area contributed by atoms with E-state index in [0.29, 0.717) is 17.2 Å². The Hall–Kier alpha value is -2.20. The van der Waals surface area contributed by atoms with Crippen molar-refractivity contribution in [3.8, 4) is 5.75 Å². The molecule has 1 saturated heterocycles. The van der Waals surface area contributed by atoms with Crippen LogP contribution in [-0.2, 0) is 4.79 Å². The molecule has 1 aliphatic heterocycles. The van der Waals surface area contributed by atoms with Crippen molar-refractivity contribution in [2.75, 3.05) is 23.3 Å². The summed E-state index contributed by atoms with van der Waals surface area (Å²) in [6, 6.07) is 15.1. The summed E-state index contributed by atoms with van der Waals surface area (Å²) in [4.78, 5) is 14.9. The monoisotopic (exact) mass is 358 g/mol. The first-order chi connectivity index (χ1) is 12.2. The largest absolute Gasteiger partial charge is 0.481 e. The third kappa shape index (κ3) is 4.67. The third-order valence-corrected chi connectivity index (χ3v) is 4.58. The number of rotatable bonds is 6. The van der Waals surface area contributed by atoms with Crippen molar-refractivity contribution in [1.29, 1.82) is 0 Å². The Morgan fingerprint density at radius 2 is 1.92 bits per heavy atom. The molecule has 1 amide bonds. The van der Waals surface area contributed by atoms with Gasteiger partial charge in [0.1, 0.15) is 5.75 Å². The molecule has 0 saturated carbocycles. The normalized spacial score (nSPS) is 15.0. The van der Waals surface area contributed by atoms with E-state index in [9.17, 15) is 4.79 Å². The summed E-state index contributed by atoms with van der Waals surface area (Å²) < 4.78 is 5.78. The minimum Gasteiger partial charge on any atom is -0.481 e. The van der Waals surface area contributed by atoms with Gasteiger partial charge in [0.15, 0.2) is 6.10 Å². The first-order valence-electron chi connectivity index (χ1n) is 8.74. The van der Waals surface area contributed by atoms with Crippen LogP contribution in [0.2, 0.25) is 5.02 Å². The molecule has 1 fully saturated rings. The molecule has 0 spiro atoms. The van der Waals surface area contributed by atoms with Crippen molar-refractivity contribution in [3.05, 3.63) is 53.6 Å². The molecular weight excluding hydrogens is 336 g/mol. The Morgan fingerprint density at radius 1 is 1.20 bits per heavy atom. The topological polar surface area (TPSA) is 41.6 Å². The van der Waals surface area contributed by atoms with E-state index in [0.717, 1.165) is 18.8 Å². The van der Waals surface area contributed by atoms with Gasteiger partial charge >= 0.3 is 0 Å². The van der Waals surface area contributed by atoms with E-state index in [1.165, 1.54) is 18.5 Å². The van der Waals surface area contributed by atoms with E-state index in [-0.39, 0.29) is 5.91 Å². The zero-order valence-electron chi connectivity index (χ0n) is 14.4. The molecule has 4 nitrogen and oxygen atoms in total. The highest BCUT2D eigenvalue weighted by Crippen LogP contribution is 2.23. The maximum absolute atomic E-state index is 12.5. The number of benzene rings is 2. The van der Waals surface area contributed by atoms with E-state index in [1.54, 1.807) is 24.3 Å². The Kier molecular flexibility index (Phi) is 5.82. The van der Waals surface area contributed by atoms with Gasteiger partial charge in [-0.15, -0.1) is 0 Å². The summed E-state index contributed by atoms with van der Waals surface area (Å²) in [6.45, 7) is 4.14. The first kappa shape index (κ1) is 17.6. The van der Waals surface area contributed by atoms with Gasteiger partial charge in [0.05, 0.1) is 0 Å². The average molecular weight is 359 g/mol. The highest BCUT2D eigenvalue weighted by molar-refractivity contribution is 6.30. The number of anilines is 2. The predicted octanol–water partition coefficient (Wildman–Crippen LogP) is 4.74. The molecule has 3 rings (SSSR count). The second kappa shape index (κ2) is 8.26. The minimum atomic E-state index is -0.559. The molecule has 2 aromatic carbocycles. The zero-order valence-corrected chi connectivity index (χ0v) is 15.1. The molecule has 2 aromatic rings. The summed E-state index contributed by atoms with van der Waals surface area (Å²) >= 11 is 5.96. The Labute approximate surface area is 153 Å². The van der Waals surface area contributed by atoms with Crippen LogP contribution in [0.3, 0.4) is 0 Å². The van der Waals surface area contributed by atoms with Gasteiger partial charge in [0.2, 0.25) is 0 Å². The fourth-order valence-electron chi connectivity index (χ4n) is 2.98. The standard InChI is InChI=1S/C20H23ClN2O2/c1-2-19(25-18-7-5-6-15(21)14-18)20(24)22-16-8-10-17(11-9-16)23-12-3-4-13-23/h5-11,14,19H,2-4,12-13H2,1H3,(H,22,24)/t19-/m0/s1. The number of nitrogens with zero attached hydrogens (tertiary/aromatic N) is 1. The van der Waals surface area contributed by atoms with E-state index in [2.05, 4.69) is 22.3 Å². The van der Waals surface area contributed by atoms with Crippen LogP contribution >= 0.6 is 11.6 Å². The number of hydrogen-bond donors (Lipinski definition) is 1. The van der Waals surface area contributed by atoms with E-state index >= 15 is 0 Å². The van der Waals surface area contributed by atoms with Gasteiger partial charge in [-0.25, -0.2) is 0 Å². The molecule has 0 aliphatic carbocycles. The molecule has 0 bridgehead atoms. The maximum Gasteiger partial charge on any atom is 0.265 e. The molecule has 132 valence electrons. The molecule has 0 aromatic heterocycles. The number of ether oxygens (including phenoxy) is 1. The molecule has 1 N–H and O–H groups in total. The van der Waals surface area contributed by atoms with Crippen LogP contribution in [0.1, 0.15) is 26.2 Å². The minimum absolute atomic E-state index is 0.156. The number of amides is 1. The van der Waals surface area contributed by atoms with Crippen molar-refractivity contribution in [3.63, 3.8) is 0 Å². The molecule has 1 atom stereocenters. The lowest BCUT2D eigenvalue weighted by molar-refractivity contribution is -0.122. The fraction of sp³-hybridized carbons (Fsp3) is 0.350. The van der Waals surface area contributed by atoms with Crippen molar-refractivity contribution >= 4 is 28.9 Å². The van der Waals surface area contributed by atoms with Gasteiger partial charge in [0, 0.05) is 29.5 Å². The van der Waals surface area contributed by atoms with Gasteiger partial charge in [-0.1, -0.05) is 24.6 Å². The number of carbonyl (C=O) groups is 1. The average Bonchev–Trinajstić information content (AvgIpc) is 3.15. The second-order valence-electron chi connectivity index (χ2n) is 6.20. The van der Waals surface area contributed by atoms with Crippen molar-refractivity contribution < 1.29 is 9.53 Å². The molecule has 5 heteroatoms. The van der Waals surface area contributed by atoms with E-state index in [4.69, 9.17) is 16.3 Å². The highest BCUT2D eigenvalue weighted by atomic mass is 35.5. The SMILES string of the molecule is CC[C@H](Oc1cccc(Cl)c1)C(=O)Nc1ccc(N2CCCC2)cc1. The van der Waals surface area contributed by atoms with Crippen LogP contribution in [0.4, 0.5) is 11.4 Å². The van der Waals surface area contributed by atoms with Crippen molar-refractivity contribution in [2.24, 2.45) is 0 Å². The molecular formula is C20H23ClN2O2. The lowest BCUT2D eigenvalue weighted by atomic mass is 10.2. The third-order valence-electron chi connectivity index (χ3n) is 4.34. The lowest BCUT2D eigenvalue weighted by Crippen LogP contribution is -2.32. The lowest BCUT2D eigenvalue weighted by Gasteiger charge is -2.19. The van der Waals surface area contributed by atoms with Gasteiger partial charge in [-0.3, -0.25) is 4.79 Å². The van der Waals surface area contributed by atoms with Gasteiger partial charge in [-0.2, -0.15) is 0 Å². The van der Waals surface area contributed by atoms with Crippen LogP contribution in [-0.4, -0.2) is 25.1 Å². The van der Waals surface area contributed by atoms with Crippen LogP contribution in [0.25, 0.3) is 0 Å². The van der Waals surface area contributed by atoms with Crippen LogP contribution in [0, 0.1) is 0 Å². The molecule has 0 radical (unpaired) electrons. The van der Waals surface area contributed by atoms with Crippen molar-refractivity contribution in [1.82, 2.24) is 0 Å². The maximum atomic E-state index is 12.5. The number of nitrogens with one attached hydrogen (secondary N) is 1. The molecule has 1 heterocycles. The number of carbonyl (C=O) groups excluding carboxylic acids is 1. The predicted molar refractivity (Wildman–Crippen MR) is 103 cm³/mol. The fourth-order valence-corrected chi connectivity index (χ4v) is 3.16. The summed E-state index contributed by atoms with van der Waals surface area (Å²) in [5, 5.41) is 3.52. The molecule has 0 unspecified atom stereocenters. The highest BCUT2D eigenvalue weighted by Gasteiger charge is 2.19. The Balaban J connectivity index is 1.61. The summed E-state index contributed by atoms with van der Waals surface area (Å²) in [6.07, 6.45) is 2.51. The quantitative estimate of drug-likeness (QED) is 0.811. The first-order valence-corrected chi connectivity index (χ1v) is 9.11. The van der Waals surface area contributed by atoms with Gasteiger partial charge < -0.3 is 15.0 Å². The molecule has 1 aliphatic rings. The summed E-state index contributed by atoms with van der Waals surface area (Å²) in [5.41, 5.74) is 1.99. The van der Waals surface area contributed by atoms with Crippen LogP contribution in [0.15, 0.2) is 48.5 Å². The van der Waals surface area contributed by atoms with Crippen LogP contribution < -0.4 is 15.0 Å². The second-order valence-corrected chi connectivity index (χ2v) is 6.64. The van der Waals surface area contributed by atoms with Gasteiger partial charge in [-0.05, 0) is 61.7 Å². The number of hydrogen-bond acceptors (Lipinski definition) is 3. The van der Waals surface area contributed by atoms with Gasteiger partial charge in [0.25, 0.3) is 5.91 Å². The van der Waals surface area contributed by atoms with Crippen LogP contribution in [0.5, 0.6) is 5.75 Å². The Bertz CT molecular complexity index is 712. The summed E-state index contributed by atoms with van der Waals surface area (Å²) in [5.74, 6) is 0.440. The zero-order chi connectivity index (χ0) is 17.6. The van der Waals surface area contributed by atoms with E-state index < -0.39 is 6.10 Å². The van der Waals surface area contributed by atoms with Crippen molar-refractivity contribution in [2.45, 2.75) is 32.3 Å². The molecule has 25 heavy (non-hydrogen) atoms. The van der Waals surface area contributed by atoms with E-state index in [1.807, 2.05) is 19.1 Å². The summed E-state index contributed by atoms with van der Waals surface area (Å²) in [7, 11) is 0. The smallest absolute Gasteiger partial charge is 0.265 e.